The van der Waals surface area contributed by atoms with Crippen LogP contribution in [0.4, 0.5) is 11.6 Å². The summed E-state index contributed by atoms with van der Waals surface area (Å²) in [5.74, 6) is 2.21. The van der Waals surface area contributed by atoms with Crippen molar-refractivity contribution in [2.75, 3.05) is 56.5 Å². The van der Waals surface area contributed by atoms with Crippen LogP contribution >= 0.6 is 11.8 Å². The molecule has 2 fully saturated rings. The van der Waals surface area contributed by atoms with Crippen LogP contribution in [-0.4, -0.2) is 66.9 Å². The van der Waals surface area contributed by atoms with Crippen molar-refractivity contribution >= 4 is 29.3 Å². The standard InChI is InChI=1S/C19H25N5O4S/c1-26-14-5-6-16(27-2)15(11-14)20-17(25)12-29-19-22-21-18(24(19)13-3-4-13)23-7-9-28-10-8-23/h5-6,11,13H,3-4,7-10,12H2,1-2H3,(H,20,25). The van der Waals surface area contributed by atoms with Gasteiger partial charge in [0.05, 0.1) is 38.9 Å². The van der Waals surface area contributed by atoms with Crippen molar-refractivity contribution in [2.45, 2.75) is 24.0 Å². The van der Waals surface area contributed by atoms with Crippen LogP contribution in [0, 0.1) is 0 Å². The number of hydrogen-bond acceptors (Lipinski definition) is 8. The minimum atomic E-state index is -0.139. The van der Waals surface area contributed by atoms with Crippen molar-refractivity contribution in [1.82, 2.24) is 14.8 Å². The van der Waals surface area contributed by atoms with Gasteiger partial charge in [0.2, 0.25) is 11.9 Å². The molecule has 0 unspecified atom stereocenters. The molecular weight excluding hydrogens is 394 g/mol. The fourth-order valence-corrected chi connectivity index (χ4v) is 4.03. The van der Waals surface area contributed by atoms with E-state index in [2.05, 4.69) is 25.0 Å². The average molecular weight is 420 g/mol. The van der Waals surface area contributed by atoms with Gasteiger partial charge in [0.25, 0.3) is 0 Å². The van der Waals surface area contributed by atoms with Gasteiger partial charge in [-0.15, -0.1) is 10.2 Å². The number of benzene rings is 1. The summed E-state index contributed by atoms with van der Waals surface area (Å²) in [6, 6.07) is 5.71. The Morgan fingerprint density at radius 3 is 2.72 bits per heavy atom. The monoisotopic (exact) mass is 419 g/mol. The van der Waals surface area contributed by atoms with Gasteiger partial charge in [0.15, 0.2) is 5.16 Å². The van der Waals surface area contributed by atoms with Crippen molar-refractivity contribution in [2.24, 2.45) is 0 Å². The normalized spacial score (nSPS) is 16.6. The van der Waals surface area contributed by atoms with Crippen molar-refractivity contribution in [3.63, 3.8) is 0 Å². The number of methoxy groups -OCH3 is 2. The third-order valence-corrected chi connectivity index (χ3v) is 5.81. The van der Waals surface area contributed by atoms with Crippen LogP contribution in [0.5, 0.6) is 11.5 Å². The van der Waals surface area contributed by atoms with E-state index in [1.165, 1.54) is 11.8 Å². The number of carbonyl (C=O) groups excluding carboxylic acids is 1. The quantitative estimate of drug-likeness (QED) is 0.651. The van der Waals surface area contributed by atoms with Gasteiger partial charge in [0, 0.05) is 25.2 Å². The maximum absolute atomic E-state index is 12.5. The fraction of sp³-hybridized carbons (Fsp3) is 0.526. The summed E-state index contributed by atoms with van der Waals surface area (Å²) in [6.45, 7) is 3.02. The topological polar surface area (TPSA) is 90.7 Å². The molecule has 0 atom stereocenters. The number of morpholine rings is 1. The summed E-state index contributed by atoms with van der Waals surface area (Å²) in [5.41, 5.74) is 0.579. The van der Waals surface area contributed by atoms with Crippen molar-refractivity contribution in [3.05, 3.63) is 18.2 Å². The highest BCUT2D eigenvalue weighted by atomic mass is 32.2. The molecule has 2 aromatic rings. The number of nitrogens with zero attached hydrogens (tertiary/aromatic N) is 4. The fourth-order valence-electron chi connectivity index (χ4n) is 3.23. The molecule has 1 aromatic heterocycles. The second-order valence-corrected chi connectivity index (χ2v) is 7.83. The first kappa shape index (κ1) is 19.8. The highest BCUT2D eigenvalue weighted by molar-refractivity contribution is 7.99. The Kier molecular flexibility index (Phi) is 6.10. The third kappa shape index (κ3) is 4.59. The Labute approximate surface area is 173 Å². The molecule has 0 spiro atoms. The molecule has 0 radical (unpaired) electrons. The van der Waals surface area contributed by atoms with E-state index in [-0.39, 0.29) is 11.7 Å². The van der Waals surface area contributed by atoms with Crippen LogP contribution in [0.25, 0.3) is 0 Å². The molecule has 1 aliphatic heterocycles. The van der Waals surface area contributed by atoms with E-state index >= 15 is 0 Å². The van der Waals surface area contributed by atoms with Gasteiger partial charge >= 0.3 is 0 Å². The molecular formula is C19H25N5O4S. The number of hydrogen-bond donors (Lipinski definition) is 1. The molecule has 0 bridgehead atoms. The van der Waals surface area contributed by atoms with E-state index in [1.54, 1.807) is 32.4 Å². The van der Waals surface area contributed by atoms with Crippen LogP contribution < -0.4 is 19.7 Å². The number of ether oxygens (including phenoxy) is 3. The third-order valence-electron chi connectivity index (χ3n) is 4.87. The van der Waals surface area contributed by atoms with Gasteiger partial charge in [-0.1, -0.05) is 11.8 Å². The van der Waals surface area contributed by atoms with Crippen LogP contribution in [0.2, 0.25) is 0 Å². The largest absolute Gasteiger partial charge is 0.497 e. The molecule has 10 heteroatoms. The number of aromatic nitrogens is 3. The summed E-state index contributed by atoms with van der Waals surface area (Å²) < 4.78 is 18.2. The zero-order valence-electron chi connectivity index (χ0n) is 16.6. The van der Waals surface area contributed by atoms with Crippen molar-refractivity contribution < 1.29 is 19.0 Å². The van der Waals surface area contributed by atoms with Crippen molar-refractivity contribution in [3.8, 4) is 11.5 Å². The molecule has 1 N–H and O–H groups in total. The van der Waals surface area contributed by atoms with Crippen LogP contribution in [0.15, 0.2) is 23.4 Å². The first-order valence-electron chi connectivity index (χ1n) is 9.62. The molecule has 9 nitrogen and oxygen atoms in total. The minimum absolute atomic E-state index is 0.139. The van der Waals surface area contributed by atoms with Gasteiger partial charge in [-0.25, -0.2) is 0 Å². The van der Waals surface area contributed by atoms with E-state index in [9.17, 15) is 4.79 Å². The van der Waals surface area contributed by atoms with Gasteiger partial charge < -0.3 is 24.4 Å². The first-order valence-corrected chi connectivity index (χ1v) is 10.6. The second-order valence-electron chi connectivity index (χ2n) is 6.89. The molecule has 1 aliphatic carbocycles. The molecule has 156 valence electrons. The highest BCUT2D eigenvalue weighted by Gasteiger charge is 2.32. The van der Waals surface area contributed by atoms with E-state index in [4.69, 9.17) is 14.2 Å². The molecule has 1 amide bonds. The van der Waals surface area contributed by atoms with Crippen LogP contribution in [0.1, 0.15) is 18.9 Å². The highest BCUT2D eigenvalue weighted by Crippen LogP contribution is 2.41. The lowest BCUT2D eigenvalue weighted by atomic mass is 10.2. The summed E-state index contributed by atoms with van der Waals surface area (Å²) in [5, 5.41) is 12.4. The first-order chi connectivity index (χ1) is 14.2. The van der Waals surface area contributed by atoms with Gasteiger partial charge in [-0.3, -0.25) is 9.36 Å². The van der Waals surface area contributed by atoms with Crippen LogP contribution in [0.3, 0.4) is 0 Å². The predicted molar refractivity (Wildman–Crippen MR) is 110 cm³/mol. The molecule has 1 saturated heterocycles. The second kappa shape index (κ2) is 8.91. The van der Waals surface area contributed by atoms with E-state index in [0.717, 1.165) is 37.0 Å². The Balaban J connectivity index is 1.43. The summed E-state index contributed by atoms with van der Waals surface area (Å²) in [7, 11) is 3.15. The zero-order chi connectivity index (χ0) is 20.2. The Morgan fingerprint density at radius 2 is 2.03 bits per heavy atom. The minimum Gasteiger partial charge on any atom is -0.497 e. The molecule has 4 rings (SSSR count). The number of nitrogens with one attached hydrogen (secondary N) is 1. The Hall–Kier alpha value is -2.46. The van der Waals surface area contributed by atoms with Crippen LogP contribution in [-0.2, 0) is 9.53 Å². The average Bonchev–Trinajstić information content (AvgIpc) is 3.51. The maximum atomic E-state index is 12.5. The lowest BCUT2D eigenvalue weighted by Crippen LogP contribution is -2.38. The molecule has 2 heterocycles. The molecule has 1 aromatic carbocycles. The molecule has 1 saturated carbocycles. The summed E-state index contributed by atoms with van der Waals surface area (Å²) in [6.07, 6.45) is 2.24. The number of carbonyl (C=O) groups is 1. The molecule has 2 aliphatic rings. The lowest BCUT2D eigenvalue weighted by Gasteiger charge is -2.27. The number of thioether (sulfide) groups is 1. The van der Waals surface area contributed by atoms with Gasteiger partial charge in [-0.05, 0) is 25.0 Å². The van der Waals surface area contributed by atoms with E-state index < -0.39 is 0 Å². The number of rotatable bonds is 8. The molecule has 29 heavy (non-hydrogen) atoms. The van der Waals surface area contributed by atoms with E-state index in [0.29, 0.717) is 36.4 Å². The number of anilines is 2. The van der Waals surface area contributed by atoms with Gasteiger partial charge in [-0.2, -0.15) is 0 Å². The van der Waals surface area contributed by atoms with Gasteiger partial charge in [0.1, 0.15) is 11.5 Å². The van der Waals surface area contributed by atoms with E-state index in [1.807, 2.05) is 0 Å². The summed E-state index contributed by atoms with van der Waals surface area (Å²) in [4.78, 5) is 14.8. The maximum Gasteiger partial charge on any atom is 0.234 e. The number of amides is 1. The lowest BCUT2D eigenvalue weighted by molar-refractivity contribution is -0.113. The SMILES string of the molecule is COc1ccc(OC)c(NC(=O)CSc2nnc(N3CCOCC3)n2C2CC2)c1. The zero-order valence-corrected chi connectivity index (χ0v) is 17.4. The Bertz CT molecular complexity index is 864. The smallest absolute Gasteiger partial charge is 0.234 e. The summed E-state index contributed by atoms with van der Waals surface area (Å²) >= 11 is 1.40. The Morgan fingerprint density at radius 1 is 1.24 bits per heavy atom. The predicted octanol–water partition coefficient (Wildman–Crippen LogP) is 2.20. The van der Waals surface area contributed by atoms with Crippen molar-refractivity contribution in [1.29, 1.82) is 0 Å².